The molecule has 1 N–H and O–H groups in total. The average Bonchev–Trinajstić information content (AvgIpc) is 2.33. The van der Waals surface area contributed by atoms with Crippen LogP contribution in [0, 0.1) is 0 Å². The van der Waals surface area contributed by atoms with Crippen LogP contribution in [0.25, 0.3) is 0 Å². The van der Waals surface area contributed by atoms with Crippen LogP contribution in [0.4, 0.5) is 13.2 Å². The van der Waals surface area contributed by atoms with E-state index in [9.17, 15) is 21.6 Å². The summed E-state index contributed by atoms with van der Waals surface area (Å²) in [6, 6.07) is -0.512. The molecule has 0 bridgehead atoms. The first kappa shape index (κ1) is 10.8. The molecule has 0 fully saturated rings. The Morgan fingerprint density at radius 2 is 2.07 bits per heavy atom. The van der Waals surface area contributed by atoms with Gasteiger partial charge in [0.2, 0.25) is 0 Å². The summed E-state index contributed by atoms with van der Waals surface area (Å²) < 4.78 is 61.3. The highest BCUT2D eigenvalue weighted by atomic mass is 32.2. The highest BCUT2D eigenvalue weighted by Gasteiger charge is 2.50. The number of H-pyrrole nitrogens is 1. The predicted octanol–water partition coefficient (Wildman–Crippen LogP) is 0.0676. The zero-order valence-corrected chi connectivity index (χ0v) is 7.69. The molecule has 0 saturated carbocycles. The Balaban J connectivity index is 2.96. The summed E-state index contributed by atoms with van der Waals surface area (Å²) in [7, 11) is -4.26. The molecule has 0 aliphatic heterocycles. The third-order valence-electron chi connectivity index (χ3n) is 1.30. The van der Waals surface area contributed by atoms with Crippen LogP contribution in [0.15, 0.2) is 12.4 Å². The van der Waals surface area contributed by atoms with Gasteiger partial charge in [-0.15, -0.1) is 0 Å². The smallest absolute Gasteiger partial charge is 0.302 e. The number of aromatic amines is 1. The number of nitrogens with zero attached hydrogens (tertiary/aromatic N) is 1. The summed E-state index contributed by atoms with van der Waals surface area (Å²) in [6.07, 6.45) is 2.54. The fraction of sp³-hybridized carbons (Fsp3) is 0.400. The van der Waals surface area contributed by atoms with Crippen LogP contribution in [0.2, 0.25) is 0 Å². The lowest BCUT2D eigenvalue weighted by molar-refractivity contribution is -0.673. The third kappa shape index (κ3) is 1.97. The summed E-state index contributed by atoms with van der Waals surface area (Å²) in [5.74, 6) is 0. The van der Waals surface area contributed by atoms with Gasteiger partial charge in [-0.25, -0.2) is 4.98 Å². The van der Waals surface area contributed by atoms with Gasteiger partial charge in [-0.05, 0) is 0 Å². The first-order valence-corrected chi connectivity index (χ1v) is 4.68. The first-order chi connectivity index (χ1) is 6.24. The van der Waals surface area contributed by atoms with Crippen LogP contribution in [0.1, 0.15) is 0 Å². The number of rotatable bonds is 2. The number of nitrogens with one attached hydrogen (secondary N) is 1. The van der Waals surface area contributed by atoms with E-state index >= 15 is 0 Å². The first-order valence-electron chi connectivity index (χ1n) is 3.28. The second kappa shape index (κ2) is 3.15. The number of aromatic nitrogens is 2. The van der Waals surface area contributed by atoms with Crippen molar-refractivity contribution in [3.05, 3.63) is 12.4 Å². The number of hydrogen-bond donors (Lipinski definition) is 1. The van der Waals surface area contributed by atoms with Crippen LogP contribution < -0.4 is 8.75 Å². The molecule has 1 aromatic rings. The Bertz CT molecular complexity index is 422. The lowest BCUT2D eigenvalue weighted by Crippen LogP contribution is -2.34. The zero-order chi connectivity index (χ0) is 11.0. The topological polar surface area (TPSA) is 63.0 Å². The van der Waals surface area contributed by atoms with E-state index < -0.39 is 21.6 Å². The summed E-state index contributed by atoms with van der Waals surface area (Å²) in [5.41, 5.74) is -5.43. The minimum absolute atomic E-state index is 0.512. The summed E-state index contributed by atoms with van der Waals surface area (Å²) >= 11 is 0. The highest BCUT2D eigenvalue weighted by Crippen LogP contribution is 2.24. The van der Waals surface area contributed by atoms with Gasteiger partial charge in [-0.3, -0.25) is 0 Å². The molecule has 9 heteroatoms. The van der Waals surface area contributed by atoms with Crippen molar-refractivity contribution in [1.82, 2.24) is 4.98 Å². The Hall–Kier alpha value is -1.25. The monoisotopic (exact) mass is 231 g/mol. The number of imidazole rings is 1. The third-order valence-corrected chi connectivity index (χ3v) is 2.24. The SMILES string of the molecule is C[n+]1cc[nH]c1OS(=O)(=O)C(F)(F)F. The average molecular weight is 231 g/mol. The summed E-state index contributed by atoms with van der Waals surface area (Å²) in [5, 5.41) is 0. The number of halogens is 3. The lowest BCUT2D eigenvalue weighted by atomic mass is 10.9. The van der Waals surface area contributed by atoms with E-state index in [0.717, 1.165) is 4.57 Å². The molecule has 0 aromatic carbocycles. The predicted molar refractivity (Wildman–Crippen MR) is 37.6 cm³/mol. The summed E-state index contributed by atoms with van der Waals surface area (Å²) in [4.78, 5) is 2.20. The van der Waals surface area contributed by atoms with Gasteiger partial charge in [0.25, 0.3) is 0 Å². The van der Waals surface area contributed by atoms with Gasteiger partial charge in [-0.2, -0.15) is 26.2 Å². The van der Waals surface area contributed by atoms with Crippen molar-refractivity contribution in [3.8, 4) is 6.01 Å². The van der Waals surface area contributed by atoms with E-state index in [4.69, 9.17) is 0 Å². The van der Waals surface area contributed by atoms with Crippen molar-refractivity contribution in [1.29, 1.82) is 0 Å². The summed E-state index contributed by atoms with van der Waals surface area (Å²) in [6.45, 7) is 0. The molecule has 80 valence electrons. The van der Waals surface area contributed by atoms with Crippen molar-refractivity contribution in [2.45, 2.75) is 5.51 Å². The molecule has 0 aliphatic rings. The molecule has 0 radical (unpaired) electrons. The molecule has 1 rings (SSSR count). The lowest BCUT2D eigenvalue weighted by Gasteiger charge is -2.04. The van der Waals surface area contributed by atoms with Gasteiger partial charge in [0, 0.05) is 0 Å². The highest BCUT2D eigenvalue weighted by molar-refractivity contribution is 7.87. The van der Waals surface area contributed by atoms with Crippen molar-refractivity contribution < 1.29 is 30.3 Å². The maximum absolute atomic E-state index is 11.8. The molecular weight excluding hydrogens is 225 g/mol. The van der Waals surface area contributed by atoms with Gasteiger partial charge in [0.15, 0.2) is 0 Å². The molecular formula is C5H6F3N2O3S+. The maximum Gasteiger partial charge on any atom is 0.534 e. The van der Waals surface area contributed by atoms with Gasteiger partial charge < -0.3 is 4.18 Å². The normalized spacial score (nSPS) is 12.9. The van der Waals surface area contributed by atoms with E-state index in [1.54, 1.807) is 0 Å². The van der Waals surface area contributed by atoms with Crippen molar-refractivity contribution in [3.63, 3.8) is 0 Å². The minimum atomic E-state index is -5.60. The molecule has 14 heavy (non-hydrogen) atoms. The molecule has 0 aliphatic carbocycles. The van der Waals surface area contributed by atoms with Crippen LogP contribution in [-0.2, 0) is 17.2 Å². The van der Waals surface area contributed by atoms with Crippen LogP contribution in [0.3, 0.4) is 0 Å². The van der Waals surface area contributed by atoms with E-state index in [-0.39, 0.29) is 0 Å². The van der Waals surface area contributed by atoms with Gasteiger partial charge in [0.1, 0.15) is 12.4 Å². The van der Waals surface area contributed by atoms with E-state index in [1.165, 1.54) is 19.4 Å². The maximum atomic E-state index is 11.8. The van der Waals surface area contributed by atoms with E-state index in [0.29, 0.717) is 0 Å². The Kier molecular flexibility index (Phi) is 2.44. The van der Waals surface area contributed by atoms with Crippen LogP contribution in [-0.4, -0.2) is 18.9 Å². The molecule has 0 amide bonds. The van der Waals surface area contributed by atoms with Gasteiger partial charge in [0.05, 0.1) is 7.05 Å². The van der Waals surface area contributed by atoms with Crippen LogP contribution >= 0.6 is 0 Å². The second-order valence-corrected chi connectivity index (χ2v) is 3.90. The number of aryl methyl sites for hydroxylation is 1. The number of alkyl halides is 3. The largest absolute Gasteiger partial charge is 0.534 e. The molecule has 0 atom stereocenters. The molecule has 5 nitrogen and oxygen atoms in total. The quantitative estimate of drug-likeness (QED) is 0.445. The van der Waals surface area contributed by atoms with Gasteiger partial charge in [-0.1, -0.05) is 0 Å². The molecule has 1 aromatic heterocycles. The minimum Gasteiger partial charge on any atom is -0.302 e. The molecule has 0 spiro atoms. The van der Waals surface area contributed by atoms with Gasteiger partial charge >= 0.3 is 21.6 Å². The molecule has 1 heterocycles. The molecule has 0 unspecified atom stereocenters. The van der Waals surface area contributed by atoms with Crippen molar-refractivity contribution in [2.24, 2.45) is 7.05 Å². The Labute approximate surface area is 77.2 Å². The number of hydrogen-bond acceptors (Lipinski definition) is 3. The van der Waals surface area contributed by atoms with Crippen LogP contribution in [0.5, 0.6) is 6.01 Å². The Morgan fingerprint density at radius 3 is 2.43 bits per heavy atom. The fourth-order valence-electron chi connectivity index (χ4n) is 0.624. The van der Waals surface area contributed by atoms with Crippen molar-refractivity contribution in [2.75, 3.05) is 0 Å². The second-order valence-electron chi connectivity index (χ2n) is 2.36. The fourth-order valence-corrected chi connectivity index (χ4v) is 1.09. The van der Waals surface area contributed by atoms with E-state index in [1.807, 2.05) is 0 Å². The standard InChI is InChI=1S/C5H5F3N2O3S/c1-10-3-2-9-4(10)13-14(11,12)5(6,7)8/h2-3H,1H3/p+1. The Morgan fingerprint density at radius 1 is 1.50 bits per heavy atom. The molecule has 0 saturated heterocycles. The van der Waals surface area contributed by atoms with Crippen molar-refractivity contribution >= 4 is 10.1 Å². The zero-order valence-electron chi connectivity index (χ0n) is 6.87. The van der Waals surface area contributed by atoms with E-state index in [2.05, 4.69) is 9.17 Å².